The lowest BCUT2D eigenvalue weighted by Gasteiger charge is -2.28. The Morgan fingerprint density at radius 3 is 1.63 bits per heavy atom. The number of nitrogens with two attached hydrogens (primary N) is 3. The van der Waals surface area contributed by atoms with Crippen molar-refractivity contribution in [2.24, 2.45) is 28.1 Å². The molecule has 1 amide bonds. The van der Waals surface area contributed by atoms with Crippen LogP contribution in [-0.4, -0.2) is 30.5 Å². The van der Waals surface area contributed by atoms with E-state index < -0.39 is 0 Å². The van der Waals surface area contributed by atoms with E-state index in [1.165, 1.54) is 96.3 Å². The molecule has 2 unspecified atom stereocenters. The highest BCUT2D eigenvalue weighted by molar-refractivity contribution is 5.75. The van der Waals surface area contributed by atoms with Gasteiger partial charge in [0.05, 0.1) is 6.54 Å². The summed E-state index contributed by atoms with van der Waals surface area (Å²) >= 11 is 0. The number of hydrogen-bond donors (Lipinski definition) is 4. The van der Waals surface area contributed by atoms with Crippen LogP contribution in [0.4, 0.5) is 0 Å². The molecule has 210 valence electrons. The van der Waals surface area contributed by atoms with Crippen LogP contribution in [-0.2, 0) is 4.79 Å². The minimum Gasteiger partial charge on any atom is -0.370 e. The molecule has 0 heterocycles. The number of unbranched alkanes of at least 4 members (excludes halogenated alkanes) is 13. The summed E-state index contributed by atoms with van der Waals surface area (Å²) < 4.78 is 0. The second kappa shape index (κ2) is 25.8. The van der Waals surface area contributed by atoms with E-state index in [-0.39, 0.29) is 17.4 Å². The number of rotatable bonds is 23. The maximum atomic E-state index is 10.5. The number of primary amides is 1. The number of carbonyl (C=O) groups excluding carboxylic acids is 1. The molecule has 35 heavy (non-hydrogen) atoms. The Bertz CT molecular complexity index is 493. The standard InChI is InChI=1S/C17H35NO.C12H28N4/c1-2-3-4-5-6-7-8-9-10-11-12-13-14-15-16-17(18)19;1-5-10(3)7-8-16-12(4,6-2)9-15-11(13)14/h2-16H2,1H3,(H2,18,19);10,16H,5-9H2,1-4H3,(H4,13,14,15). The molecule has 6 heteroatoms. The average molecular weight is 498 g/mol. The molecule has 0 rings (SSSR count). The van der Waals surface area contributed by atoms with Crippen LogP contribution in [0.15, 0.2) is 4.99 Å². The van der Waals surface area contributed by atoms with Crippen molar-refractivity contribution in [3.05, 3.63) is 0 Å². The van der Waals surface area contributed by atoms with Gasteiger partial charge in [0, 0.05) is 12.0 Å². The SMILES string of the molecule is CCC(C)CCNC(C)(CC)CN=C(N)N.CCCCCCCCCCCCCCCCC(N)=O. The lowest BCUT2D eigenvalue weighted by atomic mass is 9.97. The van der Waals surface area contributed by atoms with Crippen LogP contribution in [0.25, 0.3) is 0 Å². The van der Waals surface area contributed by atoms with Gasteiger partial charge in [0.1, 0.15) is 0 Å². The van der Waals surface area contributed by atoms with Gasteiger partial charge in [0.15, 0.2) is 5.96 Å². The molecule has 0 fully saturated rings. The van der Waals surface area contributed by atoms with E-state index in [1.54, 1.807) is 0 Å². The monoisotopic (exact) mass is 498 g/mol. The van der Waals surface area contributed by atoms with Crippen molar-refractivity contribution >= 4 is 11.9 Å². The van der Waals surface area contributed by atoms with Gasteiger partial charge in [-0.05, 0) is 38.6 Å². The minimum atomic E-state index is -0.154. The van der Waals surface area contributed by atoms with E-state index in [4.69, 9.17) is 17.2 Å². The van der Waals surface area contributed by atoms with Crippen molar-refractivity contribution in [2.75, 3.05) is 13.1 Å². The van der Waals surface area contributed by atoms with Crippen molar-refractivity contribution in [3.63, 3.8) is 0 Å². The highest BCUT2D eigenvalue weighted by atomic mass is 16.1. The zero-order chi connectivity index (χ0) is 26.8. The van der Waals surface area contributed by atoms with Crippen molar-refractivity contribution in [1.29, 1.82) is 0 Å². The van der Waals surface area contributed by atoms with Crippen LogP contribution in [0.2, 0.25) is 0 Å². The summed E-state index contributed by atoms with van der Waals surface area (Å²) in [5.41, 5.74) is 15.8. The molecule has 0 aliphatic rings. The van der Waals surface area contributed by atoms with Crippen molar-refractivity contribution < 1.29 is 4.79 Å². The smallest absolute Gasteiger partial charge is 0.217 e. The Hall–Kier alpha value is -1.30. The predicted octanol–water partition coefficient (Wildman–Crippen LogP) is 6.80. The normalized spacial score (nSPS) is 13.4. The number of amides is 1. The van der Waals surface area contributed by atoms with Gasteiger partial charge in [-0.15, -0.1) is 0 Å². The summed E-state index contributed by atoms with van der Waals surface area (Å²) in [6.07, 6.45) is 22.9. The van der Waals surface area contributed by atoms with Gasteiger partial charge in [0.25, 0.3) is 0 Å². The van der Waals surface area contributed by atoms with Crippen LogP contribution >= 0.6 is 0 Å². The zero-order valence-electron chi connectivity index (χ0n) is 24.3. The number of nitrogens with one attached hydrogen (secondary N) is 1. The van der Waals surface area contributed by atoms with Crippen LogP contribution in [0.3, 0.4) is 0 Å². The number of hydrogen-bond acceptors (Lipinski definition) is 3. The lowest BCUT2D eigenvalue weighted by Crippen LogP contribution is -2.46. The average Bonchev–Trinajstić information content (AvgIpc) is 2.83. The second-order valence-electron chi connectivity index (χ2n) is 10.7. The van der Waals surface area contributed by atoms with Gasteiger partial charge < -0.3 is 22.5 Å². The fraction of sp³-hybridized carbons (Fsp3) is 0.931. The predicted molar refractivity (Wildman–Crippen MR) is 156 cm³/mol. The third-order valence-corrected chi connectivity index (χ3v) is 7.05. The van der Waals surface area contributed by atoms with E-state index in [2.05, 4.69) is 44.9 Å². The molecule has 0 spiro atoms. The molecule has 0 radical (unpaired) electrons. The first-order valence-corrected chi connectivity index (χ1v) is 14.8. The fourth-order valence-electron chi connectivity index (χ4n) is 3.88. The summed E-state index contributed by atoms with van der Waals surface area (Å²) in [6, 6.07) is 0. The van der Waals surface area contributed by atoms with Gasteiger partial charge in [-0.1, -0.05) is 118 Å². The van der Waals surface area contributed by atoms with Gasteiger partial charge >= 0.3 is 0 Å². The molecule has 0 bridgehead atoms. The first kappa shape index (κ1) is 35.9. The molecule has 0 aromatic rings. The highest BCUT2D eigenvalue weighted by Crippen LogP contribution is 2.13. The van der Waals surface area contributed by atoms with E-state index in [1.807, 2.05) is 0 Å². The summed E-state index contributed by atoms with van der Waals surface area (Å²) in [5.74, 6) is 0.791. The maximum absolute atomic E-state index is 10.5. The largest absolute Gasteiger partial charge is 0.370 e. The van der Waals surface area contributed by atoms with Crippen molar-refractivity contribution in [1.82, 2.24) is 5.32 Å². The van der Waals surface area contributed by atoms with Crippen molar-refractivity contribution in [3.8, 4) is 0 Å². The molecule has 0 saturated carbocycles. The summed E-state index contributed by atoms with van der Waals surface area (Å²) in [4.78, 5) is 14.6. The summed E-state index contributed by atoms with van der Waals surface area (Å²) in [7, 11) is 0. The first-order chi connectivity index (χ1) is 16.7. The number of aliphatic imine (C=N–C) groups is 1. The van der Waals surface area contributed by atoms with Crippen LogP contribution in [0, 0.1) is 5.92 Å². The molecule has 0 aromatic heterocycles. The molecular formula is C29H63N5O. The zero-order valence-corrected chi connectivity index (χ0v) is 24.3. The Balaban J connectivity index is 0. The molecule has 0 saturated heterocycles. The Morgan fingerprint density at radius 1 is 0.800 bits per heavy atom. The Labute approximate surface area is 219 Å². The molecule has 7 N–H and O–H groups in total. The highest BCUT2D eigenvalue weighted by Gasteiger charge is 2.20. The number of carbonyl (C=O) groups is 1. The number of nitrogens with zero attached hydrogens (tertiary/aromatic N) is 1. The van der Waals surface area contributed by atoms with Crippen LogP contribution < -0.4 is 22.5 Å². The Morgan fingerprint density at radius 2 is 1.26 bits per heavy atom. The van der Waals surface area contributed by atoms with Crippen LogP contribution in [0.1, 0.15) is 150 Å². The van der Waals surface area contributed by atoms with Gasteiger partial charge in [-0.25, -0.2) is 0 Å². The van der Waals surface area contributed by atoms with Crippen molar-refractivity contribution in [2.45, 2.75) is 156 Å². The second-order valence-corrected chi connectivity index (χ2v) is 10.7. The van der Waals surface area contributed by atoms with Crippen LogP contribution in [0.5, 0.6) is 0 Å². The Kier molecular flexibility index (Phi) is 26.4. The summed E-state index contributed by atoms with van der Waals surface area (Å²) in [5, 5.41) is 3.55. The summed E-state index contributed by atoms with van der Waals surface area (Å²) in [6.45, 7) is 12.8. The van der Waals surface area contributed by atoms with E-state index in [0.29, 0.717) is 13.0 Å². The molecule has 2 atom stereocenters. The topological polar surface area (TPSA) is 120 Å². The quantitative estimate of drug-likeness (QED) is 0.0705. The van der Waals surface area contributed by atoms with Gasteiger partial charge in [0.2, 0.25) is 5.91 Å². The molecular weight excluding hydrogens is 434 g/mol. The van der Waals surface area contributed by atoms with E-state index in [9.17, 15) is 4.79 Å². The first-order valence-electron chi connectivity index (χ1n) is 14.8. The molecule has 0 aliphatic heterocycles. The van der Waals surface area contributed by atoms with E-state index >= 15 is 0 Å². The minimum absolute atomic E-state index is 0.0114. The van der Waals surface area contributed by atoms with E-state index in [0.717, 1.165) is 25.3 Å². The van der Waals surface area contributed by atoms with Gasteiger partial charge in [-0.3, -0.25) is 9.79 Å². The third kappa shape index (κ3) is 28.8. The lowest BCUT2D eigenvalue weighted by molar-refractivity contribution is -0.118. The van der Waals surface area contributed by atoms with Gasteiger partial charge in [-0.2, -0.15) is 0 Å². The molecule has 0 aromatic carbocycles. The maximum Gasteiger partial charge on any atom is 0.217 e. The fourth-order valence-corrected chi connectivity index (χ4v) is 3.88. The molecule has 0 aliphatic carbocycles. The molecule has 6 nitrogen and oxygen atoms in total. The third-order valence-electron chi connectivity index (χ3n) is 7.05. The number of guanidine groups is 1.